The molecule has 0 amide bonds. The highest BCUT2D eigenvalue weighted by Crippen LogP contribution is 2.50. The van der Waals surface area contributed by atoms with Gasteiger partial charge in [-0.25, -0.2) is 0 Å². The van der Waals surface area contributed by atoms with Gasteiger partial charge >= 0.3 is 0 Å². The average molecular weight is 336 g/mol. The topological polar surface area (TPSA) is 26.3 Å². The smallest absolute Gasteiger partial charge is 0.150 e. The summed E-state index contributed by atoms with van der Waals surface area (Å²) in [5, 5.41) is 0. The molecule has 2 aromatic rings. The predicted molar refractivity (Wildman–Crippen MR) is 103 cm³/mol. The van der Waals surface area contributed by atoms with Gasteiger partial charge in [-0.1, -0.05) is 75.7 Å². The number of rotatable bonds is 8. The molecule has 0 N–H and O–H groups in total. The van der Waals surface area contributed by atoms with E-state index in [1.165, 1.54) is 11.1 Å². The summed E-state index contributed by atoms with van der Waals surface area (Å²) < 4.78 is 6.06. The number of benzene rings is 2. The van der Waals surface area contributed by atoms with E-state index in [1.807, 2.05) is 12.1 Å². The maximum atomic E-state index is 13.5. The lowest BCUT2D eigenvalue weighted by Gasteiger charge is -2.31. The molecule has 0 saturated heterocycles. The molecule has 132 valence electrons. The molecule has 1 aliphatic rings. The fourth-order valence-electron chi connectivity index (χ4n) is 3.88. The van der Waals surface area contributed by atoms with Crippen molar-refractivity contribution in [1.82, 2.24) is 0 Å². The Labute approximate surface area is 151 Å². The van der Waals surface area contributed by atoms with Crippen LogP contribution in [0.25, 0.3) is 11.1 Å². The number of ketones is 1. The molecule has 2 heteroatoms. The lowest BCUT2D eigenvalue weighted by molar-refractivity contribution is -0.125. The first kappa shape index (κ1) is 17.9. The minimum atomic E-state index is -0.662. The first-order valence-corrected chi connectivity index (χ1v) is 9.41. The zero-order valence-corrected chi connectivity index (χ0v) is 15.5. The van der Waals surface area contributed by atoms with Crippen molar-refractivity contribution in [3.63, 3.8) is 0 Å². The molecular weight excluding hydrogens is 308 g/mol. The molecule has 0 atom stereocenters. The molecule has 0 fully saturated rings. The first-order valence-electron chi connectivity index (χ1n) is 9.41. The molecule has 1 aliphatic carbocycles. The molecule has 2 aromatic carbocycles. The molecule has 0 aliphatic heterocycles. The molecule has 3 rings (SSSR count). The van der Waals surface area contributed by atoms with Gasteiger partial charge in [0.2, 0.25) is 0 Å². The van der Waals surface area contributed by atoms with Gasteiger partial charge in [0.15, 0.2) is 0 Å². The molecule has 0 aromatic heterocycles. The Balaban J connectivity index is 2.11. The van der Waals surface area contributed by atoms with Crippen LogP contribution in [0, 0.1) is 5.92 Å². The van der Waals surface area contributed by atoms with E-state index >= 15 is 0 Å². The number of carbonyl (C=O) groups is 1. The van der Waals surface area contributed by atoms with Crippen molar-refractivity contribution in [3.05, 3.63) is 59.7 Å². The monoisotopic (exact) mass is 336 g/mol. The normalized spacial score (nSPS) is 14.4. The third kappa shape index (κ3) is 3.16. The molecule has 0 saturated carbocycles. The lowest BCUT2D eigenvalue weighted by atomic mass is 9.73. The summed E-state index contributed by atoms with van der Waals surface area (Å²) in [5.74, 6) is 0.608. The van der Waals surface area contributed by atoms with Crippen LogP contribution < -0.4 is 0 Å². The molecular formula is C23H28O2. The van der Waals surface area contributed by atoms with Crippen LogP contribution in [0.15, 0.2) is 48.5 Å². The molecule has 0 spiro atoms. The summed E-state index contributed by atoms with van der Waals surface area (Å²) in [6.45, 7) is 7.51. The van der Waals surface area contributed by atoms with E-state index in [1.54, 1.807) is 0 Å². The van der Waals surface area contributed by atoms with Gasteiger partial charge in [0.1, 0.15) is 11.2 Å². The van der Waals surface area contributed by atoms with Crippen LogP contribution in [0.2, 0.25) is 0 Å². The van der Waals surface area contributed by atoms with Crippen molar-refractivity contribution in [2.75, 3.05) is 13.2 Å². The summed E-state index contributed by atoms with van der Waals surface area (Å²) >= 11 is 0. The second-order valence-corrected chi connectivity index (χ2v) is 7.42. The van der Waals surface area contributed by atoms with Crippen molar-refractivity contribution >= 4 is 5.78 Å². The molecule has 0 bridgehead atoms. The maximum Gasteiger partial charge on any atom is 0.150 e. The Morgan fingerprint density at radius 3 is 2.08 bits per heavy atom. The third-order valence-electron chi connectivity index (χ3n) is 5.09. The Hall–Kier alpha value is -1.93. The second-order valence-electron chi connectivity index (χ2n) is 7.42. The van der Waals surface area contributed by atoms with Crippen molar-refractivity contribution in [2.45, 2.75) is 45.4 Å². The number of hydrogen-bond donors (Lipinski definition) is 0. The van der Waals surface area contributed by atoms with Gasteiger partial charge in [-0.2, -0.15) is 0 Å². The van der Waals surface area contributed by atoms with Crippen LogP contribution in [0.1, 0.15) is 51.2 Å². The summed E-state index contributed by atoms with van der Waals surface area (Å²) in [5.41, 5.74) is 3.91. The van der Waals surface area contributed by atoms with Crippen molar-refractivity contribution in [2.24, 2.45) is 5.92 Å². The van der Waals surface area contributed by atoms with Crippen LogP contribution in [0.3, 0.4) is 0 Å². The Morgan fingerprint density at radius 2 is 1.56 bits per heavy atom. The third-order valence-corrected chi connectivity index (χ3v) is 5.09. The van der Waals surface area contributed by atoms with Crippen molar-refractivity contribution in [1.29, 1.82) is 0 Å². The lowest BCUT2D eigenvalue weighted by Crippen LogP contribution is -2.40. The van der Waals surface area contributed by atoms with Crippen molar-refractivity contribution < 1.29 is 9.53 Å². The minimum absolute atomic E-state index is 0.274. The molecule has 2 nitrogen and oxygen atoms in total. The summed E-state index contributed by atoms with van der Waals surface area (Å²) in [7, 11) is 0. The van der Waals surface area contributed by atoms with E-state index in [2.05, 4.69) is 57.2 Å². The van der Waals surface area contributed by atoms with Gasteiger partial charge in [-0.15, -0.1) is 0 Å². The van der Waals surface area contributed by atoms with Gasteiger partial charge in [-0.3, -0.25) is 4.79 Å². The molecule has 25 heavy (non-hydrogen) atoms. The number of Topliss-reactive ketones (excluding diaryl/α,β-unsaturated/α-hetero) is 1. The number of carbonyl (C=O) groups excluding carboxylic acids is 1. The molecule has 0 unspecified atom stereocenters. The second kappa shape index (κ2) is 7.53. The number of ether oxygens (including phenoxy) is 1. The Kier molecular flexibility index (Phi) is 5.39. The number of hydrogen-bond acceptors (Lipinski definition) is 2. The van der Waals surface area contributed by atoms with E-state index < -0.39 is 5.41 Å². The van der Waals surface area contributed by atoms with E-state index in [-0.39, 0.29) is 5.78 Å². The van der Waals surface area contributed by atoms with Crippen LogP contribution in [-0.4, -0.2) is 19.0 Å². The van der Waals surface area contributed by atoms with Crippen LogP contribution >= 0.6 is 0 Å². The van der Waals surface area contributed by atoms with Crippen molar-refractivity contribution in [3.8, 4) is 11.1 Å². The highest BCUT2D eigenvalue weighted by molar-refractivity contribution is 6.02. The minimum Gasteiger partial charge on any atom is -0.380 e. The molecule has 0 radical (unpaired) electrons. The Bertz CT molecular complexity index is 700. The fourth-order valence-corrected chi connectivity index (χ4v) is 3.88. The fraction of sp³-hybridized carbons (Fsp3) is 0.435. The first-order chi connectivity index (χ1) is 12.1. The summed E-state index contributed by atoms with van der Waals surface area (Å²) in [6, 6.07) is 16.7. The quantitative estimate of drug-likeness (QED) is 0.605. The van der Waals surface area contributed by atoms with Gasteiger partial charge in [0.25, 0.3) is 0 Å². The zero-order valence-electron chi connectivity index (χ0n) is 15.5. The van der Waals surface area contributed by atoms with E-state index in [9.17, 15) is 4.79 Å². The highest BCUT2D eigenvalue weighted by Gasteiger charge is 2.48. The summed E-state index contributed by atoms with van der Waals surface area (Å²) in [4.78, 5) is 13.5. The van der Waals surface area contributed by atoms with E-state index in [4.69, 9.17) is 4.74 Å². The van der Waals surface area contributed by atoms with E-state index in [0.717, 1.165) is 24.0 Å². The van der Waals surface area contributed by atoms with Crippen LogP contribution in [0.4, 0.5) is 0 Å². The van der Waals surface area contributed by atoms with Gasteiger partial charge < -0.3 is 4.74 Å². The van der Waals surface area contributed by atoms with E-state index in [0.29, 0.717) is 25.6 Å². The standard InChI is InChI=1S/C23H28O2/c1-4-5-14-25-16-23(22(24)15-17(2)3)20-12-8-6-10-18(20)19-11-7-9-13-21(19)23/h6-13,17H,4-5,14-16H2,1-3H3. The zero-order chi connectivity index (χ0) is 17.9. The number of unbranched alkanes of at least 4 members (excludes halogenated alkanes) is 1. The Morgan fingerprint density at radius 1 is 1.00 bits per heavy atom. The van der Waals surface area contributed by atoms with Crippen LogP contribution in [0.5, 0.6) is 0 Å². The van der Waals surface area contributed by atoms with Gasteiger partial charge in [-0.05, 0) is 34.6 Å². The van der Waals surface area contributed by atoms with Crippen LogP contribution in [-0.2, 0) is 14.9 Å². The van der Waals surface area contributed by atoms with Gasteiger partial charge in [0, 0.05) is 13.0 Å². The van der Waals surface area contributed by atoms with Gasteiger partial charge in [0.05, 0.1) is 6.61 Å². The predicted octanol–water partition coefficient (Wildman–Crippen LogP) is 5.39. The SMILES string of the molecule is CCCCOCC1(C(=O)CC(C)C)c2ccccc2-c2ccccc21. The molecule has 0 heterocycles. The average Bonchev–Trinajstić information content (AvgIpc) is 2.90. The highest BCUT2D eigenvalue weighted by atomic mass is 16.5. The summed E-state index contributed by atoms with van der Waals surface area (Å²) in [6.07, 6.45) is 2.69. The maximum absolute atomic E-state index is 13.5. The number of fused-ring (bicyclic) bond motifs is 3. The largest absolute Gasteiger partial charge is 0.380 e.